The number of benzene rings is 1. The predicted molar refractivity (Wildman–Crippen MR) is 49.9 cm³/mol. The molecule has 0 bridgehead atoms. The third-order valence-corrected chi connectivity index (χ3v) is 1.75. The van der Waals surface area contributed by atoms with Crippen molar-refractivity contribution in [2.45, 2.75) is 6.61 Å². The minimum absolute atomic E-state index is 0.120. The van der Waals surface area contributed by atoms with Crippen molar-refractivity contribution in [2.75, 3.05) is 20.0 Å². The molecule has 0 aliphatic heterocycles. The Morgan fingerprint density at radius 1 is 1.31 bits per heavy atom. The van der Waals surface area contributed by atoms with Gasteiger partial charge in [0.15, 0.2) is 11.5 Å². The van der Waals surface area contributed by atoms with Gasteiger partial charge in [-0.2, -0.15) is 0 Å². The van der Waals surface area contributed by atoms with Crippen molar-refractivity contribution in [3.8, 4) is 11.5 Å². The molecule has 0 fully saturated rings. The van der Waals surface area contributed by atoms with Crippen LogP contribution in [-0.2, 0) is 6.61 Å². The maximum Gasteiger partial charge on any atom is 0.166 e. The van der Waals surface area contributed by atoms with Crippen LogP contribution in [-0.4, -0.2) is 19.3 Å². The van der Waals surface area contributed by atoms with Crippen molar-refractivity contribution < 1.29 is 14.6 Å². The second-order valence-corrected chi connectivity index (χ2v) is 2.57. The van der Waals surface area contributed by atoms with E-state index in [1.807, 2.05) is 0 Å². The van der Waals surface area contributed by atoms with Gasteiger partial charge in [-0.3, -0.25) is 0 Å². The molecule has 1 aromatic rings. The molecule has 0 aliphatic rings. The molecule has 13 heavy (non-hydrogen) atoms. The molecule has 0 atom stereocenters. The first-order valence-electron chi connectivity index (χ1n) is 3.84. The van der Waals surface area contributed by atoms with Gasteiger partial charge in [0.25, 0.3) is 0 Å². The zero-order valence-corrected chi connectivity index (χ0v) is 7.70. The van der Waals surface area contributed by atoms with Gasteiger partial charge in [0, 0.05) is 17.3 Å². The molecule has 0 aliphatic carbocycles. The normalized spacial score (nSPS) is 9.77. The van der Waals surface area contributed by atoms with Crippen molar-refractivity contribution >= 4 is 5.69 Å². The molecule has 0 saturated carbocycles. The molecule has 3 N–H and O–H groups in total. The number of ether oxygens (including phenoxy) is 2. The smallest absolute Gasteiger partial charge is 0.166 e. The van der Waals surface area contributed by atoms with Crippen LogP contribution in [0.3, 0.4) is 0 Å². The number of nitrogen functional groups attached to an aromatic ring is 1. The van der Waals surface area contributed by atoms with E-state index in [4.69, 9.17) is 20.3 Å². The summed E-state index contributed by atoms with van der Waals surface area (Å²) in [5, 5.41) is 9.00. The Hall–Kier alpha value is -1.42. The number of aliphatic hydroxyl groups excluding tert-OH is 1. The van der Waals surface area contributed by atoms with Crippen LogP contribution in [0.4, 0.5) is 5.69 Å². The minimum atomic E-state index is -0.120. The van der Waals surface area contributed by atoms with Gasteiger partial charge in [-0.25, -0.2) is 0 Å². The summed E-state index contributed by atoms with van der Waals surface area (Å²) in [6.07, 6.45) is 0. The van der Waals surface area contributed by atoms with Crippen LogP contribution in [0.1, 0.15) is 5.56 Å². The molecular weight excluding hydrogens is 170 g/mol. The Labute approximate surface area is 76.9 Å². The average Bonchev–Trinajstić information content (AvgIpc) is 2.16. The highest BCUT2D eigenvalue weighted by Crippen LogP contribution is 2.33. The Kier molecular flexibility index (Phi) is 2.97. The van der Waals surface area contributed by atoms with Crippen LogP contribution in [0.5, 0.6) is 11.5 Å². The molecule has 0 aromatic heterocycles. The molecule has 72 valence electrons. The van der Waals surface area contributed by atoms with Gasteiger partial charge < -0.3 is 20.3 Å². The van der Waals surface area contributed by atoms with Crippen LogP contribution in [0.2, 0.25) is 0 Å². The highest BCUT2D eigenvalue weighted by molar-refractivity contribution is 5.56. The van der Waals surface area contributed by atoms with Crippen molar-refractivity contribution in [2.24, 2.45) is 0 Å². The highest BCUT2D eigenvalue weighted by atomic mass is 16.5. The Bertz CT molecular complexity index is 274. The summed E-state index contributed by atoms with van der Waals surface area (Å²) in [5.74, 6) is 1.06. The summed E-state index contributed by atoms with van der Waals surface area (Å²) < 4.78 is 10.1. The fraction of sp³-hybridized carbons (Fsp3) is 0.333. The minimum Gasteiger partial charge on any atom is -0.493 e. The summed E-state index contributed by atoms with van der Waals surface area (Å²) in [6.45, 7) is -0.120. The fourth-order valence-electron chi connectivity index (χ4n) is 1.18. The van der Waals surface area contributed by atoms with Crippen LogP contribution in [0.15, 0.2) is 12.1 Å². The lowest BCUT2D eigenvalue weighted by molar-refractivity contribution is 0.270. The molecule has 0 radical (unpaired) electrons. The number of aliphatic hydroxyl groups is 1. The second-order valence-electron chi connectivity index (χ2n) is 2.57. The van der Waals surface area contributed by atoms with E-state index in [0.29, 0.717) is 22.7 Å². The number of anilines is 1. The number of nitrogens with two attached hydrogens (primary N) is 1. The summed E-state index contributed by atoms with van der Waals surface area (Å²) in [5.41, 5.74) is 6.76. The van der Waals surface area contributed by atoms with E-state index < -0.39 is 0 Å². The van der Waals surface area contributed by atoms with E-state index >= 15 is 0 Å². The second kappa shape index (κ2) is 4.00. The van der Waals surface area contributed by atoms with Gasteiger partial charge in [-0.05, 0) is 6.07 Å². The fourth-order valence-corrected chi connectivity index (χ4v) is 1.18. The molecule has 1 rings (SSSR count). The molecular formula is C9H13NO3. The van der Waals surface area contributed by atoms with Crippen molar-refractivity contribution in [3.05, 3.63) is 17.7 Å². The summed E-state index contributed by atoms with van der Waals surface area (Å²) in [7, 11) is 3.05. The van der Waals surface area contributed by atoms with Gasteiger partial charge in [-0.15, -0.1) is 0 Å². The van der Waals surface area contributed by atoms with E-state index in [-0.39, 0.29) is 6.61 Å². The third-order valence-electron chi connectivity index (χ3n) is 1.75. The summed E-state index contributed by atoms with van der Waals surface area (Å²) >= 11 is 0. The maximum absolute atomic E-state index is 9.00. The van der Waals surface area contributed by atoms with E-state index in [1.54, 1.807) is 12.1 Å². The quantitative estimate of drug-likeness (QED) is 0.679. The molecule has 1 aromatic carbocycles. The molecule has 4 heteroatoms. The van der Waals surface area contributed by atoms with Crippen LogP contribution in [0.25, 0.3) is 0 Å². The van der Waals surface area contributed by atoms with Crippen LogP contribution < -0.4 is 15.2 Å². The molecule has 0 amide bonds. The van der Waals surface area contributed by atoms with Crippen LogP contribution >= 0.6 is 0 Å². The first-order chi connectivity index (χ1) is 6.22. The number of methoxy groups -OCH3 is 2. The zero-order chi connectivity index (χ0) is 9.84. The van der Waals surface area contributed by atoms with Gasteiger partial charge >= 0.3 is 0 Å². The van der Waals surface area contributed by atoms with Gasteiger partial charge in [0.2, 0.25) is 0 Å². The Morgan fingerprint density at radius 2 is 2.00 bits per heavy atom. The van der Waals surface area contributed by atoms with E-state index in [2.05, 4.69) is 0 Å². The van der Waals surface area contributed by atoms with Gasteiger partial charge in [0.1, 0.15) is 0 Å². The van der Waals surface area contributed by atoms with E-state index in [9.17, 15) is 0 Å². The first-order valence-corrected chi connectivity index (χ1v) is 3.84. The van der Waals surface area contributed by atoms with Gasteiger partial charge in [0.05, 0.1) is 20.8 Å². The standard InChI is InChI=1S/C9H13NO3/c1-12-8-4-7(10)3-6(5-11)9(8)13-2/h3-4,11H,5,10H2,1-2H3. The van der Waals surface area contributed by atoms with E-state index in [0.717, 1.165) is 0 Å². The third kappa shape index (κ3) is 1.84. The maximum atomic E-state index is 9.00. The van der Waals surface area contributed by atoms with Crippen LogP contribution in [0, 0.1) is 0 Å². The largest absolute Gasteiger partial charge is 0.493 e. The van der Waals surface area contributed by atoms with Crippen molar-refractivity contribution in [1.29, 1.82) is 0 Å². The Morgan fingerprint density at radius 3 is 2.46 bits per heavy atom. The summed E-state index contributed by atoms with van der Waals surface area (Å²) in [6, 6.07) is 3.30. The number of hydrogen-bond acceptors (Lipinski definition) is 4. The van der Waals surface area contributed by atoms with Crippen molar-refractivity contribution in [3.63, 3.8) is 0 Å². The zero-order valence-electron chi connectivity index (χ0n) is 7.70. The molecule has 4 nitrogen and oxygen atoms in total. The Balaban J connectivity index is 3.25. The highest BCUT2D eigenvalue weighted by Gasteiger charge is 2.09. The molecule has 0 unspecified atom stereocenters. The molecule has 0 spiro atoms. The lowest BCUT2D eigenvalue weighted by Gasteiger charge is -2.11. The number of rotatable bonds is 3. The predicted octanol–water partition coefficient (Wildman–Crippen LogP) is 0.778. The molecule has 0 heterocycles. The average molecular weight is 183 g/mol. The SMILES string of the molecule is COc1cc(N)cc(CO)c1OC. The lowest BCUT2D eigenvalue weighted by atomic mass is 10.1. The van der Waals surface area contributed by atoms with Crippen molar-refractivity contribution in [1.82, 2.24) is 0 Å². The molecule has 0 saturated heterocycles. The van der Waals surface area contributed by atoms with Gasteiger partial charge in [-0.1, -0.05) is 0 Å². The van der Waals surface area contributed by atoms with E-state index in [1.165, 1.54) is 14.2 Å². The monoisotopic (exact) mass is 183 g/mol. The first kappa shape index (κ1) is 9.67. The summed E-state index contributed by atoms with van der Waals surface area (Å²) in [4.78, 5) is 0. The lowest BCUT2D eigenvalue weighted by Crippen LogP contribution is -1.98. The topological polar surface area (TPSA) is 64.7 Å². The number of hydrogen-bond donors (Lipinski definition) is 2.